The number of phenolic OH excluding ortho intramolecular Hbond substituents is 1. The molecule has 3 heteroatoms. The van der Waals surface area contributed by atoms with Gasteiger partial charge in [0.05, 0.1) is 0 Å². The van der Waals surface area contributed by atoms with Gasteiger partial charge in [-0.15, -0.1) is 0 Å². The van der Waals surface area contributed by atoms with Gasteiger partial charge in [0.2, 0.25) is 0 Å². The highest BCUT2D eigenvalue weighted by Gasteiger charge is 2.21. The van der Waals surface area contributed by atoms with Crippen LogP contribution in [0.5, 0.6) is 11.5 Å². The molecule has 0 aliphatic carbocycles. The predicted octanol–water partition coefficient (Wildman–Crippen LogP) is 3.29. The molecule has 3 rings (SSSR count). The molecule has 0 saturated carbocycles. The zero-order valence-corrected chi connectivity index (χ0v) is 12.0. The van der Waals surface area contributed by atoms with E-state index in [0.29, 0.717) is 5.75 Å². The van der Waals surface area contributed by atoms with E-state index < -0.39 is 0 Å². The summed E-state index contributed by atoms with van der Waals surface area (Å²) in [6, 6.07) is 15.6. The van der Waals surface area contributed by atoms with Gasteiger partial charge in [0.15, 0.2) is 0 Å². The Labute approximate surface area is 120 Å². The Balaban J connectivity index is 0.000000452. The number of ether oxygens (including phenoxy) is 1. The van der Waals surface area contributed by atoms with Crippen molar-refractivity contribution in [3.8, 4) is 11.5 Å². The maximum absolute atomic E-state index is 9.42. The summed E-state index contributed by atoms with van der Waals surface area (Å²) in [5.41, 5.74) is 2.31. The largest absolute Gasteiger partial charge is 0.508 e. The fraction of sp³-hybridized carbons (Fsp3) is 0.294. The van der Waals surface area contributed by atoms with Crippen molar-refractivity contribution in [3.63, 3.8) is 0 Å². The molecule has 2 aromatic carbocycles. The topological polar surface area (TPSA) is 41.5 Å². The van der Waals surface area contributed by atoms with Gasteiger partial charge in [0.25, 0.3) is 0 Å². The van der Waals surface area contributed by atoms with E-state index in [-0.39, 0.29) is 6.10 Å². The number of aryl methyl sites for hydroxylation is 1. The van der Waals surface area contributed by atoms with Crippen molar-refractivity contribution in [2.24, 2.45) is 0 Å². The zero-order valence-electron chi connectivity index (χ0n) is 12.0. The molecule has 1 aliphatic heterocycles. The number of hydrogen-bond acceptors (Lipinski definition) is 3. The Morgan fingerprint density at radius 3 is 2.50 bits per heavy atom. The smallest absolute Gasteiger partial charge is 0.124 e. The van der Waals surface area contributed by atoms with E-state index in [1.807, 2.05) is 38.4 Å². The normalized spacial score (nSPS) is 16.4. The standard InChI is InChI=1S/C15H14O2.C2H7N/c16-13-7-9-15-12(10-13)6-8-14(17-15)11-4-2-1-3-5-11;1-3-2/h1-5,7,9-10,14,16H,6,8H2;3H,1-2H3. The summed E-state index contributed by atoms with van der Waals surface area (Å²) in [4.78, 5) is 0. The number of aromatic hydroxyl groups is 1. The van der Waals surface area contributed by atoms with E-state index in [0.717, 1.165) is 24.2 Å². The molecule has 1 heterocycles. The summed E-state index contributed by atoms with van der Waals surface area (Å²) in [5.74, 6) is 1.20. The van der Waals surface area contributed by atoms with Crippen LogP contribution in [0.2, 0.25) is 0 Å². The molecule has 1 atom stereocenters. The number of benzene rings is 2. The first kappa shape index (κ1) is 14.4. The van der Waals surface area contributed by atoms with Crippen LogP contribution in [-0.4, -0.2) is 19.2 Å². The van der Waals surface area contributed by atoms with E-state index >= 15 is 0 Å². The minimum atomic E-state index is 0.133. The highest BCUT2D eigenvalue weighted by molar-refractivity contribution is 5.41. The molecular formula is C17H21NO2. The molecule has 0 aromatic heterocycles. The Kier molecular flexibility index (Phi) is 5.02. The average Bonchev–Trinajstić information content (AvgIpc) is 2.48. The van der Waals surface area contributed by atoms with Crippen LogP contribution in [0.15, 0.2) is 48.5 Å². The minimum absolute atomic E-state index is 0.133. The van der Waals surface area contributed by atoms with Crippen molar-refractivity contribution in [3.05, 3.63) is 59.7 Å². The Bertz CT molecular complexity index is 540. The summed E-state index contributed by atoms with van der Waals surface area (Å²) in [6.07, 6.45) is 2.04. The SMILES string of the molecule is CNC.Oc1ccc2c(c1)CCC(c1ccccc1)O2. The first-order chi connectivity index (χ1) is 9.74. The van der Waals surface area contributed by atoms with Crippen molar-refractivity contribution in [2.45, 2.75) is 18.9 Å². The van der Waals surface area contributed by atoms with Crippen LogP contribution in [0.4, 0.5) is 0 Å². The highest BCUT2D eigenvalue weighted by atomic mass is 16.5. The molecule has 3 nitrogen and oxygen atoms in total. The third kappa shape index (κ3) is 3.52. The molecule has 0 spiro atoms. The van der Waals surface area contributed by atoms with E-state index in [1.54, 1.807) is 12.1 Å². The first-order valence-electron chi connectivity index (χ1n) is 6.86. The second-order valence-corrected chi connectivity index (χ2v) is 4.85. The number of fused-ring (bicyclic) bond motifs is 1. The van der Waals surface area contributed by atoms with E-state index in [1.165, 1.54) is 5.56 Å². The third-order valence-corrected chi connectivity index (χ3v) is 3.16. The Morgan fingerprint density at radius 1 is 1.10 bits per heavy atom. The van der Waals surface area contributed by atoms with Crippen LogP contribution < -0.4 is 10.1 Å². The quantitative estimate of drug-likeness (QED) is 0.836. The monoisotopic (exact) mass is 271 g/mol. The predicted molar refractivity (Wildman–Crippen MR) is 81.2 cm³/mol. The summed E-state index contributed by atoms with van der Waals surface area (Å²) < 4.78 is 5.96. The molecule has 2 aromatic rings. The minimum Gasteiger partial charge on any atom is -0.508 e. The van der Waals surface area contributed by atoms with Gasteiger partial charge in [-0.2, -0.15) is 0 Å². The Morgan fingerprint density at radius 2 is 1.80 bits per heavy atom. The summed E-state index contributed by atoms with van der Waals surface area (Å²) in [6.45, 7) is 0. The molecule has 0 bridgehead atoms. The molecule has 0 radical (unpaired) electrons. The molecule has 0 amide bonds. The van der Waals surface area contributed by atoms with E-state index in [9.17, 15) is 5.11 Å². The van der Waals surface area contributed by atoms with Gasteiger partial charge in [0.1, 0.15) is 17.6 Å². The average molecular weight is 271 g/mol. The molecule has 106 valence electrons. The van der Waals surface area contributed by atoms with Crippen molar-refractivity contribution >= 4 is 0 Å². The maximum Gasteiger partial charge on any atom is 0.124 e. The van der Waals surface area contributed by atoms with Gasteiger partial charge in [-0.05, 0) is 56.3 Å². The van der Waals surface area contributed by atoms with Gasteiger partial charge in [-0.25, -0.2) is 0 Å². The van der Waals surface area contributed by atoms with E-state index in [2.05, 4.69) is 17.4 Å². The van der Waals surface area contributed by atoms with Gasteiger partial charge in [-0.3, -0.25) is 0 Å². The van der Waals surface area contributed by atoms with Crippen LogP contribution in [0.1, 0.15) is 23.7 Å². The third-order valence-electron chi connectivity index (χ3n) is 3.16. The molecule has 1 unspecified atom stereocenters. The second-order valence-electron chi connectivity index (χ2n) is 4.85. The number of nitrogens with one attached hydrogen (secondary N) is 1. The van der Waals surface area contributed by atoms with Crippen molar-refractivity contribution in [2.75, 3.05) is 14.1 Å². The highest BCUT2D eigenvalue weighted by Crippen LogP contribution is 2.36. The molecule has 2 N–H and O–H groups in total. The molecule has 0 fully saturated rings. The first-order valence-corrected chi connectivity index (χ1v) is 6.86. The lowest BCUT2D eigenvalue weighted by atomic mass is 9.97. The van der Waals surface area contributed by atoms with Crippen LogP contribution in [0.3, 0.4) is 0 Å². The van der Waals surface area contributed by atoms with Gasteiger partial charge >= 0.3 is 0 Å². The van der Waals surface area contributed by atoms with Gasteiger partial charge in [0, 0.05) is 0 Å². The molecule has 0 saturated heterocycles. The number of hydrogen-bond donors (Lipinski definition) is 2. The number of rotatable bonds is 1. The molecule has 20 heavy (non-hydrogen) atoms. The maximum atomic E-state index is 9.42. The molecule has 1 aliphatic rings. The summed E-state index contributed by atoms with van der Waals surface area (Å²) in [5, 5.41) is 12.2. The van der Waals surface area contributed by atoms with Crippen molar-refractivity contribution < 1.29 is 9.84 Å². The van der Waals surface area contributed by atoms with Gasteiger partial charge in [-0.1, -0.05) is 30.3 Å². The fourth-order valence-corrected chi connectivity index (χ4v) is 2.28. The number of phenols is 1. The fourth-order valence-electron chi connectivity index (χ4n) is 2.28. The van der Waals surface area contributed by atoms with Crippen LogP contribution >= 0.6 is 0 Å². The zero-order chi connectivity index (χ0) is 14.4. The second kappa shape index (κ2) is 6.96. The lowest BCUT2D eigenvalue weighted by Gasteiger charge is -2.26. The van der Waals surface area contributed by atoms with Crippen molar-refractivity contribution in [1.29, 1.82) is 0 Å². The van der Waals surface area contributed by atoms with E-state index in [4.69, 9.17) is 4.74 Å². The van der Waals surface area contributed by atoms with Crippen molar-refractivity contribution in [1.82, 2.24) is 5.32 Å². The van der Waals surface area contributed by atoms with Crippen LogP contribution in [-0.2, 0) is 6.42 Å². The summed E-state index contributed by atoms with van der Waals surface area (Å²) >= 11 is 0. The van der Waals surface area contributed by atoms with Crippen LogP contribution in [0.25, 0.3) is 0 Å². The molecular weight excluding hydrogens is 250 g/mol. The Hall–Kier alpha value is -2.00. The summed E-state index contributed by atoms with van der Waals surface area (Å²) in [7, 11) is 3.75. The van der Waals surface area contributed by atoms with Crippen LogP contribution in [0, 0.1) is 0 Å². The van der Waals surface area contributed by atoms with Gasteiger partial charge < -0.3 is 15.2 Å². The lowest BCUT2D eigenvalue weighted by molar-refractivity contribution is 0.176. The lowest BCUT2D eigenvalue weighted by Crippen LogP contribution is -2.14.